The number of carbonyl (C=O) groups is 2. The van der Waals surface area contributed by atoms with E-state index in [9.17, 15) is 9.59 Å². The van der Waals surface area contributed by atoms with Crippen LogP contribution < -0.4 is 10.6 Å². The highest BCUT2D eigenvalue weighted by Gasteiger charge is 2.27. The van der Waals surface area contributed by atoms with Crippen LogP contribution in [0.1, 0.15) is 75.9 Å². The van der Waals surface area contributed by atoms with Gasteiger partial charge in [-0.3, -0.25) is 9.59 Å². The zero-order chi connectivity index (χ0) is 20.3. The molecule has 0 spiro atoms. The fourth-order valence-electron chi connectivity index (χ4n) is 4.13. The van der Waals surface area contributed by atoms with Crippen LogP contribution in [0.15, 0.2) is 21.0 Å². The fraction of sp³-hybridized carbons (Fsp3) is 0.545. The lowest BCUT2D eigenvalue weighted by atomic mass is 9.83. The molecule has 1 aliphatic rings. The van der Waals surface area contributed by atoms with Gasteiger partial charge in [-0.05, 0) is 58.6 Å². The number of furan rings is 2. The summed E-state index contributed by atoms with van der Waals surface area (Å²) in [5.74, 6) is 2.71. The predicted octanol–water partition coefficient (Wildman–Crippen LogP) is 4.21. The second kappa shape index (κ2) is 8.67. The molecule has 3 rings (SSSR count). The Labute approximate surface area is 166 Å². The highest BCUT2D eigenvalue weighted by atomic mass is 16.3. The van der Waals surface area contributed by atoms with Crippen molar-refractivity contribution >= 4 is 11.8 Å². The Morgan fingerprint density at radius 3 is 1.96 bits per heavy atom. The molecule has 0 aromatic carbocycles. The second-order valence-corrected chi connectivity index (χ2v) is 7.84. The number of aryl methyl sites for hydroxylation is 4. The Kier molecular flexibility index (Phi) is 6.27. The van der Waals surface area contributed by atoms with Crippen LogP contribution in [0.4, 0.5) is 0 Å². The van der Waals surface area contributed by atoms with E-state index in [2.05, 4.69) is 10.6 Å². The van der Waals surface area contributed by atoms with E-state index >= 15 is 0 Å². The van der Waals surface area contributed by atoms with Gasteiger partial charge in [0, 0.05) is 12.6 Å². The van der Waals surface area contributed by atoms with Crippen molar-refractivity contribution in [1.29, 1.82) is 0 Å². The van der Waals surface area contributed by atoms with Crippen LogP contribution in [0, 0.1) is 33.6 Å². The van der Waals surface area contributed by atoms with Crippen molar-refractivity contribution < 1.29 is 18.4 Å². The third-order valence-corrected chi connectivity index (χ3v) is 5.59. The molecule has 2 aromatic rings. The van der Waals surface area contributed by atoms with Crippen molar-refractivity contribution in [2.45, 2.75) is 65.8 Å². The first kappa shape index (κ1) is 20.2. The number of amides is 2. The third kappa shape index (κ3) is 4.66. The third-order valence-electron chi connectivity index (χ3n) is 5.59. The predicted molar refractivity (Wildman–Crippen MR) is 107 cm³/mol. The quantitative estimate of drug-likeness (QED) is 0.779. The molecule has 152 valence electrons. The smallest absolute Gasteiger partial charge is 0.255 e. The molecule has 0 bridgehead atoms. The van der Waals surface area contributed by atoms with Crippen LogP contribution in [-0.4, -0.2) is 24.4 Å². The van der Waals surface area contributed by atoms with Crippen LogP contribution in [0.3, 0.4) is 0 Å². The Morgan fingerprint density at radius 2 is 1.46 bits per heavy atom. The van der Waals surface area contributed by atoms with Crippen LogP contribution in [0.2, 0.25) is 0 Å². The summed E-state index contributed by atoms with van der Waals surface area (Å²) in [6, 6.07) is 3.40. The van der Waals surface area contributed by atoms with Gasteiger partial charge in [0.15, 0.2) is 0 Å². The molecular formula is C22H30N2O4. The molecule has 1 unspecified atom stereocenters. The molecule has 2 N–H and O–H groups in total. The maximum Gasteiger partial charge on any atom is 0.255 e. The SMILES string of the molecule is Cc1cc(C(=O)NCC(NC(=O)c2cc(C)oc2C)C2CCCCC2)c(C)o1. The molecule has 1 aliphatic carbocycles. The Bertz CT molecular complexity index is 843. The topological polar surface area (TPSA) is 84.5 Å². The van der Waals surface area contributed by atoms with Gasteiger partial charge in [0.25, 0.3) is 11.8 Å². The summed E-state index contributed by atoms with van der Waals surface area (Å²) < 4.78 is 10.9. The van der Waals surface area contributed by atoms with Crippen molar-refractivity contribution in [3.8, 4) is 0 Å². The van der Waals surface area contributed by atoms with Gasteiger partial charge < -0.3 is 19.5 Å². The summed E-state index contributed by atoms with van der Waals surface area (Å²) in [5, 5.41) is 6.14. The van der Waals surface area contributed by atoms with E-state index in [1.165, 1.54) is 6.42 Å². The van der Waals surface area contributed by atoms with E-state index in [1.54, 1.807) is 26.0 Å². The highest BCUT2D eigenvalue weighted by molar-refractivity contribution is 5.96. The van der Waals surface area contributed by atoms with Crippen molar-refractivity contribution in [2.75, 3.05) is 6.54 Å². The maximum atomic E-state index is 12.8. The normalized spacial score (nSPS) is 16.0. The van der Waals surface area contributed by atoms with Gasteiger partial charge >= 0.3 is 0 Å². The number of rotatable bonds is 6. The molecule has 28 heavy (non-hydrogen) atoms. The Morgan fingerprint density at radius 1 is 0.929 bits per heavy atom. The first-order valence-electron chi connectivity index (χ1n) is 10.1. The van der Waals surface area contributed by atoms with Crippen LogP contribution in [-0.2, 0) is 0 Å². The first-order valence-corrected chi connectivity index (χ1v) is 10.1. The van der Waals surface area contributed by atoms with Gasteiger partial charge in [-0.25, -0.2) is 0 Å². The van der Waals surface area contributed by atoms with Gasteiger partial charge in [-0.2, -0.15) is 0 Å². The molecular weight excluding hydrogens is 356 g/mol. The van der Waals surface area contributed by atoms with Gasteiger partial charge in [-0.1, -0.05) is 19.3 Å². The number of carbonyl (C=O) groups excluding carboxylic acids is 2. The number of nitrogens with one attached hydrogen (secondary N) is 2. The summed E-state index contributed by atoms with van der Waals surface area (Å²) in [7, 11) is 0. The average Bonchev–Trinajstić information content (AvgIpc) is 3.19. The lowest BCUT2D eigenvalue weighted by Crippen LogP contribution is -2.48. The van der Waals surface area contributed by atoms with E-state index in [1.807, 2.05) is 13.8 Å². The summed E-state index contributed by atoms with van der Waals surface area (Å²) in [4.78, 5) is 25.4. The summed E-state index contributed by atoms with van der Waals surface area (Å²) in [5.41, 5.74) is 1.11. The molecule has 0 aliphatic heterocycles. The number of hydrogen-bond donors (Lipinski definition) is 2. The van der Waals surface area contributed by atoms with Crippen molar-refractivity contribution in [3.05, 3.63) is 46.3 Å². The largest absolute Gasteiger partial charge is 0.466 e. The van der Waals surface area contributed by atoms with Gasteiger partial charge in [0.05, 0.1) is 11.1 Å². The zero-order valence-corrected chi connectivity index (χ0v) is 17.2. The van der Waals surface area contributed by atoms with E-state index < -0.39 is 0 Å². The Balaban J connectivity index is 1.69. The van der Waals surface area contributed by atoms with Crippen molar-refractivity contribution in [2.24, 2.45) is 5.92 Å². The molecule has 0 saturated heterocycles. The second-order valence-electron chi connectivity index (χ2n) is 7.84. The van der Waals surface area contributed by atoms with Crippen LogP contribution >= 0.6 is 0 Å². The standard InChI is InChI=1S/C22H30N2O4/c1-13-10-18(15(3)27-13)21(25)23-12-20(17-8-6-5-7-9-17)24-22(26)19-11-14(2)28-16(19)4/h10-11,17,20H,5-9,12H2,1-4H3,(H,23,25)(H,24,26). The minimum Gasteiger partial charge on any atom is -0.466 e. The molecule has 6 nitrogen and oxygen atoms in total. The summed E-state index contributed by atoms with van der Waals surface area (Å²) in [6.07, 6.45) is 5.68. The fourth-order valence-corrected chi connectivity index (χ4v) is 4.13. The lowest BCUT2D eigenvalue weighted by molar-refractivity contribution is 0.0881. The average molecular weight is 386 g/mol. The lowest BCUT2D eigenvalue weighted by Gasteiger charge is -2.31. The molecule has 2 amide bonds. The van der Waals surface area contributed by atoms with Crippen LogP contribution in [0.25, 0.3) is 0 Å². The van der Waals surface area contributed by atoms with Gasteiger partial charge in [0.2, 0.25) is 0 Å². The summed E-state index contributed by atoms with van der Waals surface area (Å²) >= 11 is 0. The van der Waals surface area contributed by atoms with E-state index in [-0.39, 0.29) is 17.9 Å². The zero-order valence-electron chi connectivity index (χ0n) is 17.2. The molecule has 0 radical (unpaired) electrons. The van der Waals surface area contributed by atoms with Crippen molar-refractivity contribution in [1.82, 2.24) is 10.6 Å². The highest BCUT2D eigenvalue weighted by Crippen LogP contribution is 2.27. The minimum atomic E-state index is -0.167. The molecule has 1 atom stereocenters. The van der Waals surface area contributed by atoms with Gasteiger partial charge in [-0.15, -0.1) is 0 Å². The molecule has 2 aromatic heterocycles. The number of hydrogen-bond acceptors (Lipinski definition) is 4. The first-order chi connectivity index (χ1) is 13.3. The summed E-state index contributed by atoms with van der Waals surface area (Å²) in [6.45, 7) is 7.63. The molecule has 1 saturated carbocycles. The van der Waals surface area contributed by atoms with Gasteiger partial charge in [0.1, 0.15) is 23.0 Å². The van der Waals surface area contributed by atoms with E-state index in [0.717, 1.165) is 31.4 Å². The van der Waals surface area contributed by atoms with Crippen LogP contribution in [0.5, 0.6) is 0 Å². The molecule has 2 heterocycles. The minimum absolute atomic E-state index is 0.111. The molecule has 6 heteroatoms. The van der Waals surface area contributed by atoms with E-state index in [0.29, 0.717) is 40.9 Å². The Hall–Kier alpha value is -2.50. The monoisotopic (exact) mass is 386 g/mol. The van der Waals surface area contributed by atoms with E-state index in [4.69, 9.17) is 8.83 Å². The molecule has 1 fully saturated rings. The maximum absolute atomic E-state index is 12.8. The van der Waals surface area contributed by atoms with Crippen molar-refractivity contribution in [3.63, 3.8) is 0 Å².